The smallest absolute Gasteiger partial charge is 0.150 e. The average molecular weight is 247 g/mol. The Bertz CT molecular complexity index is 333. The molecule has 1 rings (SSSR count). The van der Waals surface area contributed by atoms with Gasteiger partial charge in [0.15, 0.2) is 0 Å². The monoisotopic (exact) mass is 247 g/mol. The summed E-state index contributed by atoms with van der Waals surface area (Å²) in [6.45, 7) is 6.29. The molecule has 0 bridgehead atoms. The van der Waals surface area contributed by atoms with E-state index in [0.717, 1.165) is 25.7 Å². The minimum Gasteiger partial charge on any atom is -0.325 e. The van der Waals surface area contributed by atoms with Crippen molar-refractivity contribution in [2.24, 2.45) is 17.6 Å². The van der Waals surface area contributed by atoms with Gasteiger partial charge in [0.2, 0.25) is 0 Å². The van der Waals surface area contributed by atoms with E-state index in [1.54, 1.807) is 0 Å². The first-order chi connectivity index (χ1) is 7.15. The van der Waals surface area contributed by atoms with Crippen LogP contribution in [0.3, 0.4) is 0 Å². The molecule has 2 N–H and O–H groups in total. The predicted molar refractivity (Wildman–Crippen MR) is 68.0 cm³/mol. The fourth-order valence-corrected chi connectivity index (χ4v) is 3.75. The Morgan fingerprint density at radius 3 is 2.31 bits per heavy atom. The predicted octanol–water partition coefficient (Wildman–Crippen LogP) is 1.96. The summed E-state index contributed by atoms with van der Waals surface area (Å²) in [7, 11) is -2.90. The Labute approximate surface area is 99.7 Å². The third-order valence-corrected chi connectivity index (χ3v) is 5.99. The zero-order valence-corrected chi connectivity index (χ0v) is 11.7. The van der Waals surface area contributed by atoms with Crippen molar-refractivity contribution >= 4 is 9.84 Å². The van der Waals surface area contributed by atoms with E-state index >= 15 is 0 Å². The van der Waals surface area contributed by atoms with E-state index in [1.807, 2.05) is 0 Å². The van der Waals surface area contributed by atoms with Gasteiger partial charge in [0.25, 0.3) is 0 Å². The number of hydrogen-bond donors (Lipinski definition) is 1. The molecule has 0 radical (unpaired) electrons. The molecule has 1 aliphatic rings. The van der Waals surface area contributed by atoms with Crippen LogP contribution in [0.15, 0.2) is 0 Å². The van der Waals surface area contributed by atoms with Gasteiger partial charge in [-0.15, -0.1) is 0 Å². The number of nitrogens with two attached hydrogens (primary N) is 1. The van der Waals surface area contributed by atoms with E-state index in [4.69, 9.17) is 5.73 Å². The molecule has 16 heavy (non-hydrogen) atoms. The minimum atomic E-state index is -2.90. The van der Waals surface area contributed by atoms with Crippen LogP contribution in [0.5, 0.6) is 0 Å². The summed E-state index contributed by atoms with van der Waals surface area (Å²) in [5, 5.41) is -0.173. The lowest BCUT2D eigenvalue weighted by atomic mass is 9.71. The first-order valence-corrected chi connectivity index (χ1v) is 8.09. The highest BCUT2D eigenvalue weighted by Gasteiger charge is 2.39. The van der Waals surface area contributed by atoms with Crippen LogP contribution in [-0.2, 0) is 9.84 Å². The molecule has 0 aliphatic heterocycles. The summed E-state index contributed by atoms with van der Waals surface area (Å²) in [5.41, 5.74) is 6.10. The Hall–Kier alpha value is -0.0900. The molecule has 1 aliphatic carbocycles. The fraction of sp³-hybridized carbons (Fsp3) is 1.00. The second-order valence-corrected chi connectivity index (χ2v) is 8.16. The fourth-order valence-electron chi connectivity index (χ4n) is 2.57. The molecule has 0 heterocycles. The van der Waals surface area contributed by atoms with Gasteiger partial charge < -0.3 is 5.73 Å². The molecule has 3 unspecified atom stereocenters. The average Bonchev–Trinajstić information content (AvgIpc) is 2.16. The summed E-state index contributed by atoms with van der Waals surface area (Å²) in [6.07, 6.45) is 4.95. The quantitative estimate of drug-likeness (QED) is 0.829. The molecule has 1 saturated carbocycles. The van der Waals surface area contributed by atoms with Gasteiger partial charge in [-0.3, -0.25) is 0 Å². The van der Waals surface area contributed by atoms with Gasteiger partial charge in [-0.05, 0) is 38.0 Å². The number of hydrogen-bond acceptors (Lipinski definition) is 3. The van der Waals surface area contributed by atoms with Crippen LogP contribution >= 0.6 is 0 Å². The molecular formula is C12H25NO2S. The second-order valence-electron chi connectivity index (χ2n) is 5.84. The van der Waals surface area contributed by atoms with Gasteiger partial charge in [-0.25, -0.2) is 8.42 Å². The van der Waals surface area contributed by atoms with E-state index in [2.05, 4.69) is 20.8 Å². The summed E-state index contributed by atoms with van der Waals surface area (Å²) in [5.74, 6) is 0.719. The van der Waals surface area contributed by atoms with Gasteiger partial charge in [0.05, 0.1) is 5.25 Å². The minimum absolute atomic E-state index is 0.173. The summed E-state index contributed by atoms with van der Waals surface area (Å²) in [6, 6.07) is 0. The first kappa shape index (κ1) is 14.0. The summed E-state index contributed by atoms with van der Waals surface area (Å²) in [4.78, 5) is 0. The molecule has 0 amide bonds. The number of sulfone groups is 1. The van der Waals surface area contributed by atoms with E-state index in [1.165, 1.54) is 6.26 Å². The number of rotatable bonds is 3. The Morgan fingerprint density at radius 1 is 1.31 bits per heavy atom. The van der Waals surface area contributed by atoms with E-state index in [-0.39, 0.29) is 10.8 Å². The highest BCUT2D eigenvalue weighted by atomic mass is 32.2. The third-order valence-electron chi connectivity index (χ3n) is 4.36. The standard InChI is InChI=1S/C12H25NO2S/c1-9(2)12(3,13)10-6-5-7-11(8-10)16(4,14)15/h9-11H,5-8,13H2,1-4H3. The van der Waals surface area contributed by atoms with Crippen molar-refractivity contribution in [1.82, 2.24) is 0 Å². The molecule has 3 atom stereocenters. The van der Waals surface area contributed by atoms with Crippen LogP contribution < -0.4 is 5.73 Å². The van der Waals surface area contributed by atoms with Gasteiger partial charge >= 0.3 is 0 Å². The summed E-state index contributed by atoms with van der Waals surface area (Å²) >= 11 is 0. The third kappa shape index (κ3) is 2.98. The molecule has 3 nitrogen and oxygen atoms in total. The first-order valence-electron chi connectivity index (χ1n) is 6.13. The Morgan fingerprint density at radius 2 is 1.88 bits per heavy atom. The van der Waals surface area contributed by atoms with E-state index in [9.17, 15) is 8.42 Å². The normalized spacial score (nSPS) is 31.4. The van der Waals surface area contributed by atoms with Crippen molar-refractivity contribution in [2.75, 3.05) is 6.26 Å². The van der Waals surface area contributed by atoms with Crippen molar-refractivity contribution in [3.63, 3.8) is 0 Å². The molecule has 0 saturated heterocycles. The topological polar surface area (TPSA) is 60.2 Å². The lowest BCUT2D eigenvalue weighted by Crippen LogP contribution is -2.51. The summed E-state index contributed by atoms with van der Waals surface area (Å²) < 4.78 is 23.2. The van der Waals surface area contributed by atoms with Crippen LogP contribution in [0, 0.1) is 11.8 Å². The van der Waals surface area contributed by atoms with Crippen LogP contribution in [0.2, 0.25) is 0 Å². The largest absolute Gasteiger partial charge is 0.325 e. The Balaban J connectivity index is 2.79. The van der Waals surface area contributed by atoms with Gasteiger partial charge in [-0.1, -0.05) is 20.3 Å². The van der Waals surface area contributed by atoms with Crippen molar-refractivity contribution < 1.29 is 8.42 Å². The Kier molecular flexibility index (Phi) is 4.06. The molecule has 0 spiro atoms. The van der Waals surface area contributed by atoms with Crippen LogP contribution in [0.1, 0.15) is 46.5 Å². The zero-order chi connectivity index (χ0) is 12.6. The highest BCUT2D eigenvalue weighted by Crippen LogP contribution is 2.37. The molecule has 4 heteroatoms. The van der Waals surface area contributed by atoms with Crippen molar-refractivity contribution in [1.29, 1.82) is 0 Å². The molecular weight excluding hydrogens is 222 g/mol. The van der Waals surface area contributed by atoms with E-state index < -0.39 is 9.84 Å². The SMILES string of the molecule is CC(C)C(C)(N)C1CCCC(S(C)(=O)=O)C1. The lowest BCUT2D eigenvalue weighted by molar-refractivity contribution is 0.171. The van der Waals surface area contributed by atoms with Crippen LogP contribution in [0.25, 0.3) is 0 Å². The lowest BCUT2D eigenvalue weighted by Gasteiger charge is -2.42. The molecule has 1 fully saturated rings. The highest BCUT2D eigenvalue weighted by molar-refractivity contribution is 7.91. The van der Waals surface area contributed by atoms with Crippen molar-refractivity contribution in [2.45, 2.75) is 57.2 Å². The van der Waals surface area contributed by atoms with Gasteiger partial charge in [0, 0.05) is 11.8 Å². The molecule has 0 aromatic heterocycles. The maximum atomic E-state index is 11.6. The maximum absolute atomic E-state index is 11.6. The second kappa shape index (κ2) is 4.65. The molecule has 0 aromatic rings. The van der Waals surface area contributed by atoms with Crippen LogP contribution in [0.4, 0.5) is 0 Å². The van der Waals surface area contributed by atoms with Gasteiger partial charge in [-0.2, -0.15) is 0 Å². The van der Waals surface area contributed by atoms with Crippen LogP contribution in [-0.4, -0.2) is 25.5 Å². The van der Waals surface area contributed by atoms with Crippen molar-refractivity contribution in [3.05, 3.63) is 0 Å². The van der Waals surface area contributed by atoms with E-state index in [0.29, 0.717) is 11.8 Å². The maximum Gasteiger partial charge on any atom is 0.150 e. The zero-order valence-electron chi connectivity index (χ0n) is 10.9. The molecule has 96 valence electrons. The molecule has 0 aromatic carbocycles. The van der Waals surface area contributed by atoms with Gasteiger partial charge in [0.1, 0.15) is 9.84 Å². The van der Waals surface area contributed by atoms with Crippen molar-refractivity contribution in [3.8, 4) is 0 Å².